The van der Waals surface area contributed by atoms with Crippen LogP contribution in [-0.4, -0.2) is 0 Å². The lowest BCUT2D eigenvalue weighted by atomic mass is 10.0. The maximum Gasteiger partial charge on any atom is 0.385 e. The summed E-state index contributed by atoms with van der Waals surface area (Å²) in [4.78, 5) is 3.13. The van der Waals surface area contributed by atoms with E-state index in [1.54, 1.807) is 12.1 Å². The van der Waals surface area contributed by atoms with Crippen molar-refractivity contribution >= 4 is 5.69 Å². The highest BCUT2D eigenvalue weighted by molar-refractivity contribution is 5.69. The molecule has 0 fully saturated rings. The molecule has 0 spiro atoms. The smallest absolute Gasteiger partial charge is 0.0620 e. The van der Waals surface area contributed by atoms with Gasteiger partial charge in [-0.15, -0.1) is 0 Å². The highest BCUT2D eigenvalue weighted by atomic mass is 14.8. The van der Waals surface area contributed by atoms with Gasteiger partial charge in [0.15, 0.2) is 4.98 Å². The van der Waals surface area contributed by atoms with Gasteiger partial charge in [0.2, 0.25) is 5.39 Å². The molecule has 0 atom stereocenters. The predicted molar refractivity (Wildman–Crippen MR) is 61.4 cm³/mol. The SMILES string of the molecule is Cc1ccccc1-c1ccc([N+]#N)cc1. The molecule has 2 heteroatoms. The summed E-state index contributed by atoms with van der Waals surface area (Å²) in [5.41, 5.74) is 4.17. The van der Waals surface area contributed by atoms with Gasteiger partial charge in [0, 0.05) is 12.1 Å². The minimum Gasteiger partial charge on any atom is -0.0620 e. The van der Waals surface area contributed by atoms with Crippen LogP contribution in [0.2, 0.25) is 0 Å². The van der Waals surface area contributed by atoms with Crippen LogP contribution in [0.4, 0.5) is 5.69 Å². The summed E-state index contributed by atoms with van der Waals surface area (Å²) in [5.74, 6) is 0. The molecule has 0 aliphatic rings. The molecule has 0 N–H and O–H groups in total. The van der Waals surface area contributed by atoms with Crippen molar-refractivity contribution in [2.75, 3.05) is 0 Å². The van der Waals surface area contributed by atoms with Crippen LogP contribution in [0.15, 0.2) is 48.5 Å². The van der Waals surface area contributed by atoms with Crippen molar-refractivity contribution in [2.24, 2.45) is 0 Å². The quantitative estimate of drug-likeness (QED) is 0.628. The van der Waals surface area contributed by atoms with E-state index < -0.39 is 0 Å². The molecule has 0 saturated carbocycles. The normalized spacial score (nSPS) is 9.60. The molecule has 72 valence electrons. The van der Waals surface area contributed by atoms with Crippen molar-refractivity contribution in [3.63, 3.8) is 0 Å². The van der Waals surface area contributed by atoms with E-state index in [1.165, 1.54) is 11.1 Å². The first-order valence-corrected chi connectivity index (χ1v) is 4.82. The van der Waals surface area contributed by atoms with E-state index in [0.29, 0.717) is 5.69 Å². The van der Waals surface area contributed by atoms with Crippen molar-refractivity contribution in [3.05, 3.63) is 59.1 Å². The first-order chi connectivity index (χ1) is 7.31. The summed E-state index contributed by atoms with van der Waals surface area (Å²) in [6.45, 7) is 2.08. The monoisotopic (exact) mass is 195 g/mol. The molecular formula is C13H11N2+. The zero-order valence-corrected chi connectivity index (χ0v) is 8.51. The van der Waals surface area contributed by atoms with Crippen molar-refractivity contribution in [1.82, 2.24) is 0 Å². The summed E-state index contributed by atoms with van der Waals surface area (Å²) in [7, 11) is 0. The van der Waals surface area contributed by atoms with Gasteiger partial charge in [0.1, 0.15) is 0 Å². The number of benzene rings is 2. The molecule has 0 aliphatic carbocycles. The predicted octanol–water partition coefficient (Wildman–Crippen LogP) is 4.15. The second-order valence-electron chi connectivity index (χ2n) is 3.46. The molecular weight excluding hydrogens is 184 g/mol. The average molecular weight is 195 g/mol. The number of hydrogen-bond donors (Lipinski definition) is 0. The lowest BCUT2D eigenvalue weighted by Gasteiger charge is -2.03. The Balaban J connectivity index is 2.47. The Morgan fingerprint density at radius 2 is 1.60 bits per heavy atom. The lowest BCUT2D eigenvalue weighted by molar-refractivity contribution is 1.44. The lowest BCUT2D eigenvalue weighted by Crippen LogP contribution is -1.81. The largest absolute Gasteiger partial charge is 0.385 e. The van der Waals surface area contributed by atoms with E-state index in [9.17, 15) is 0 Å². The van der Waals surface area contributed by atoms with Crippen LogP contribution in [0.1, 0.15) is 5.56 Å². The van der Waals surface area contributed by atoms with Gasteiger partial charge in [-0.2, -0.15) is 0 Å². The van der Waals surface area contributed by atoms with Crippen molar-refractivity contribution < 1.29 is 0 Å². The molecule has 0 radical (unpaired) electrons. The summed E-state index contributed by atoms with van der Waals surface area (Å²) >= 11 is 0. The molecule has 2 rings (SSSR count). The van der Waals surface area contributed by atoms with Gasteiger partial charge in [0.25, 0.3) is 0 Å². The molecule has 0 amide bonds. The molecule has 2 aromatic carbocycles. The maximum absolute atomic E-state index is 8.58. The molecule has 0 bridgehead atoms. The Hall–Kier alpha value is -2.14. The first-order valence-electron chi connectivity index (χ1n) is 4.82. The minimum atomic E-state index is 0.576. The molecule has 0 aliphatic heterocycles. The highest BCUT2D eigenvalue weighted by Gasteiger charge is 2.05. The van der Waals surface area contributed by atoms with E-state index in [1.807, 2.05) is 24.3 Å². The Morgan fingerprint density at radius 3 is 2.20 bits per heavy atom. The Morgan fingerprint density at radius 1 is 0.933 bits per heavy atom. The molecule has 0 unspecified atom stereocenters. The Kier molecular flexibility index (Phi) is 2.47. The van der Waals surface area contributed by atoms with Crippen molar-refractivity contribution in [1.29, 1.82) is 5.39 Å². The van der Waals surface area contributed by atoms with Crippen LogP contribution >= 0.6 is 0 Å². The molecule has 2 aromatic rings. The van der Waals surface area contributed by atoms with E-state index in [-0.39, 0.29) is 0 Å². The molecule has 15 heavy (non-hydrogen) atoms. The first kappa shape index (κ1) is 9.42. The molecule has 2 nitrogen and oxygen atoms in total. The fraction of sp³-hybridized carbons (Fsp3) is 0.0769. The Bertz CT molecular complexity index is 507. The zero-order chi connectivity index (χ0) is 10.7. The van der Waals surface area contributed by atoms with Crippen LogP contribution in [0, 0.1) is 12.3 Å². The third kappa shape index (κ3) is 1.87. The number of diazo groups is 1. The standard InChI is InChI=1S/C13H11N2/c1-10-4-2-3-5-13(10)11-6-8-12(15-14)9-7-11/h2-9H,1H3/q+1. The number of hydrogen-bond acceptors (Lipinski definition) is 1. The van der Waals surface area contributed by atoms with Gasteiger partial charge in [-0.25, -0.2) is 0 Å². The average Bonchev–Trinajstić information content (AvgIpc) is 2.30. The highest BCUT2D eigenvalue weighted by Crippen LogP contribution is 2.25. The third-order valence-electron chi connectivity index (χ3n) is 2.44. The van der Waals surface area contributed by atoms with Crippen LogP contribution in [0.5, 0.6) is 0 Å². The number of rotatable bonds is 1. The summed E-state index contributed by atoms with van der Waals surface area (Å²) in [5, 5.41) is 8.58. The maximum atomic E-state index is 8.58. The van der Waals surface area contributed by atoms with Crippen LogP contribution in [0.25, 0.3) is 16.1 Å². The molecule has 0 aromatic heterocycles. The second kappa shape index (κ2) is 3.93. The van der Waals surface area contributed by atoms with Gasteiger partial charge in [-0.1, -0.05) is 24.3 Å². The number of nitrogens with zero attached hydrogens (tertiary/aromatic N) is 2. The summed E-state index contributed by atoms with van der Waals surface area (Å²) < 4.78 is 0. The van der Waals surface area contributed by atoms with E-state index in [0.717, 1.165) is 5.56 Å². The van der Waals surface area contributed by atoms with E-state index in [4.69, 9.17) is 5.39 Å². The topological polar surface area (TPSA) is 28.1 Å². The Labute approximate surface area is 88.8 Å². The summed E-state index contributed by atoms with van der Waals surface area (Å²) in [6, 6.07) is 15.7. The van der Waals surface area contributed by atoms with Crippen LogP contribution in [-0.2, 0) is 0 Å². The summed E-state index contributed by atoms with van der Waals surface area (Å²) in [6.07, 6.45) is 0. The molecule has 0 heterocycles. The molecule has 0 saturated heterocycles. The van der Waals surface area contributed by atoms with E-state index in [2.05, 4.69) is 24.0 Å². The fourth-order valence-corrected chi connectivity index (χ4v) is 1.60. The van der Waals surface area contributed by atoms with Crippen LogP contribution in [0.3, 0.4) is 0 Å². The van der Waals surface area contributed by atoms with Gasteiger partial charge in [-0.05, 0) is 35.7 Å². The zero-order valence-electron chi connectivity index (χ0n) is 8.51. The van der Waals surface area contributed by atoms with Gasteiger partial charge in [-0.3, -0.25) is 0 Å². The van der Waals surface area contributed by atoms with Gasteiger partial charge >= 0.3 is 5.69 Å². The number of aryl methyl sites for hydroxylation is 1. The van der Waals surface area contributed by atoms with Gasteiger partial charge in [0.05, 0.1) is 0 Å². The van der Waals surface area contributed by atoms with Crippen molar-refractivity contribution in [2.45, 2.75) is 6.92 Å². The van der Waals surface area contributed by atoms with Crippen molar-refractivity contribution in [3.8, 4) is 11.1 Å². The van der Waals surface area contributed by atoms with Gasteiger partial charge < -0.3 is 0 Å². The van der Waals surface area contributed by atoms with Crippen LogP contribution < -0.4 is 0 Å². The third-order valence-corrected chi connectivity index (χ3v) is 2.44. The fourth-order valence-electron chi connectivity index (χ4n) is 1.60. The second-order valence-corrected chi connectivity index (χ2v) is 3.46. The minimum absolute atomic E-state index is 0.576. The van der Waals surface area contributed by atoms with E-state index >= 15 is 0 Å².